The molecule has 0 saturated carbocycles. The average Bonchev–Trinajstić information content (AvgIpc) is 3.01. The Morgan fingerprint density at radius 3 is 2.41 bits per heavy atom. The minimum atomic E-state index is -0.886. The Morgan fingerprint density at radius 2 is 1.86 bits per heavy atom. The van der Waals surface area contributed by atoms with Gasteiger partial charge in [-0.2, -0.15) is 5.01 Å². The Morgan fingerprint density at radius 1 is 1.17 bits per heavy atom. The van der Waals surface area contributed by atoms with Gasteiger partial charge in [0, 0.05) is 0 Å². The number of hydrogen-bond acceptors (Lipinski definition) is 5. The molecular weight excluding hydrogens is 376 g/mol. The minimum absolute atomic E-state index is 0.0564. The predicted octanol–water partition coefficient (Wildman–Crippen LogP) is 1.46. The summed E-state index contributed by atoms with van der Waals surface area (Å²) in [6, 6.07) is 8.72. The maximum absolute atomic E-state index is 12.9. The van der Waals surface area contributed by atoms with E-state index in [0.717, 1.165) is 5.56 Å². The highest BCUT2D eigenvalue weighted by atomic mass is 16.5. The van der Waals surface area contributed by atoms with Crippen molar-refractivity contribution in [2.24, 2.45) is 17.8 Å². The van der Waals surface area contributed by atoms with Crippen molar-refractivity contribution in [3.63, 3.8) is 0 Å². The molecule has 5 amide bonds. The van der Waals surface area contributed by atoms with E-state index >= 15 is 0 Å². The predicted molar refractivity (Wildman–Crippen MR) is 105 cm³/mol. The van der Waals surface area contributed by atoms with Crippen LogP contribution in [0.4, 0.5) is 4.79 Å². The lowest BCUT2D eigenvalue weighted by atomic mass is 9.82. The Balaban J connectivity index is 2.19. The van der Waals surface area contributed by atoms with Crippen molar-refractivity contribution in [1.82, 2.24) is 21.2 Å². The quantitative estimate of drug-likeness (QED) is 0.282. The van der Waals surface area contributed by atoms with E-state index in [4.69, 9.17) is 0 Å². The van der Waals surface area contributed by atoms with Gasteiger partial charge in [-0.25, -0.2) is 10.3 Å². The van der Waals surface area contributed by atoms with Gasteiger partial charge in [-0.15, -0.1) is 0 Å². The number of nitrogens with one attached hydrogen (secondary N) is 3. The van der Waals surface area contributed by atoms with Gasteiger partial charge in [0.2, 0.25) is 11.8 Å². The first-order valence-electron chi connectivity index (χ1n) is 9.40. The van der Waals surface area contributed by atoms with E-state index in [1.54, 1.807) is 11.6 Å². The van der Waals surface area contributed by atoms with Crippen LogP contribution in [0.1, 0.15) is 32.3 Å². The highest BCUT2D eigenvalue weighted by molar-refractivity contribution is 6.03. The van der Waals surface area contributed by atoms with Crippen LogP contribution in [-0.2, 0) is 14.4 Å². The third-order valence-corrected chi connectivity index (χ3v) is 4.56. The fraction of sp³-hybridized carbons (Fsp3) is 0.400. The van der Waals surface area contributed by atoms with Gasteiger partial charge in [-0.3, -0.25) is 25.0 Å². The van der Waals surface area contributed by atoms with Crippen molar-refractivity contribution in [2.45, 2.75) is 26.7 Å². The van der Waals surface area contributed by atoms with Gasteiger partial charge in [0.25, 0.3) is 5.91 Å². The lowest BCUT2D eigenvalue weighted by molar-refractivity contribution is -0.144. The van der Waals surface area contributed by atoms with Crippen LogP contribution in [0, 0.1) is 17.8 Å². The van der Waals surface area contributed by atoms with Crippen LogP contribution in [-0.4, -0.2) is 40.5 Å². The zero-order valence-electron chi connectivity index (χ0n) is 16.4. The molecule has 156 valence electrons. The zero-order valence-corrected chi connectivity index (χ0v) is 16.4. The molecule has 29 heavy (non-hydrogen) atoms. The molecule has 0 aliphatic carbocycles. The Hall–Kier alpha value is -3.20. The molecule has 9 heteroatoms. The molecule has 4 N–H and O–H groups in total. The number of carbonyl (C=O) groups is 4. The summed E-state index contributed by atoms with van der Waals surface area (Å²) in [6.45, 7) is 3.58. The number of hydroxylamine groups is 1. The number of imide groups is 1. The lowest BCUT2D eigenvalue weighted by Crippen LogP contribution is -2.51. The number of urea groups is 1. The van der Waals surface area contributed by atoms with Crippen LogP contribution in [0.5, 0.6) is 0 Å². The van der Waals surface area contributed by atoms with E-state index < -0.39 is 35.6 Å². The highest BCUT2D eigenvalue weighted by Crippen LogP contribution is 2.25. The molecule has 1 heterocycles. The van der Waals surface area contributed by atoms with E-state index in [-0.39, 0.29) is 18.9 Å². The minimum Gasteiger partial charge on any atom is -0.327 e. The van der Waals surface area contributed by atoms with Gasteiger partial charge in [0.15, 0.2) is 0 Å². The number of hydrogen-bond donors (Lipinski definition) is 4. The summed E-state index contributed by atoms with van der Waals surface area (Å²) in [6.07, 6.45) is 4.09. The second-order valence-electron chi connectivity index (χ2n) is 7.23. The maximum atomic E-state index is 12.9. The second kappa shape index (κ2) is 10.4. The molecule has 0 aromatic heterocycles. The molecule has 0 radical (unpaired) electrons. The summed E-state index contributed by atoms with van der Waals surface area (Å²) < 4.78 is 0. The van der Waals surface area contributed by atoms with E-state index in [1.165, 1.54) is 0 Å². The molecule has 1 aromatic carbocycles. The van der Waals surface area contributed by atoms with Crippen LogP contribution < -0.4 is 16.2 Å². The molecule has 1 fully saturated rings. The molecule has 1 saturated heterocycles. The summed E-state index contributed by atoms with van der Waals surface area (Å²) in [5.74, 6) is -3.61. The van der Waals surface area contributed by atoms with Crippen molar-refractivity contribution in [2.75, 3.05) is 6.54 Å². The van der Waals surface area contributed by atoms with Crippen molar-refractivity contribution in [3.05, 3.63) is 42.0 Å². The fourth-order valence-corrected chi connectivity index (χ4v) is 3.14. The number of benzene rings is 1. The van der Waals surface area contributed by atoms with Crippen molar-refractivity contribution < 1.29 is 24.4 Å². The maximum Gasteiger partial charge on any atom is 0.343 e. The number of allylic oxidation sites excluding steroid dienone is 1. The Bertz CT molecular complexity index is 762. The number of rotatable bonds is 9. The number of carbonyl (C=O) groups excluding carboxylic acids is 4. The second-order valence-corrected chi connectivity index (χ2v) is 7.23. The van der Waals surface area contributed by atoms with Crippen molar-refractivity contribution in [1.29, 1.82) is 0 Å². The van der Waals surface area contributed by atoms with E-state index in [9.17, 15) is 24.4 Å². The third kappa shape index (κ3) is 6.15. The van der Waals surface area contributed by atoms with Crippen LogP contribution >= 0.6 is 0 Å². The van der Waals surface area contributed by atoms with Crippen LogP contribution in [0.2, 0.25) is 0 Å². The summed E-state index contributed by atoms with van der Waals surface area (Å²) in [4.78, 5) is 48.6. The van der Waals surface area contributed by atoms with E-state index in [1.807, 2.05) is 50.3 Å². The lowest BCUT2D eigenvalue weighted by Gasteiger charge is -2.27. The van der Waals surface area contributed by atoms with Crippen LogP contribution in [0.15, 0.2) is 36.4 Å². The molecule has 1 aromatic rings. The van der Waals surface area contributed by atoms with Crippen molar-refractivity contribution in [3.8, 4) is 0 Å². The molecule has 0 spiro atoms. The number of nitrogens with zero attached hydrogens (tertiary/aromatic N) is 1. The smallest absolute Gasteiger partial charge is 0.327 e. The van der Waals surface area contributed by atoms with Gasteiger partial charge < -0.3 is 5.32 Å². The molecule has 9 nitrogen and oxygen atoms in total. The monoisotopic (exact) mass is 402 g/mol. The zero-order chi connectivity index (χ0) is 21.4. The summed E-state index contributed by atoms with van der Waals surface area (Å²) >= 11 is 0. The molecule has 0 bridgehead atoms. The topological polar surface area (TPSA) is 128 Å². The third-order valence-electron chi connectivity index (χ3n) is 4.56. The van der Waals surface area contributed by atoms with Crippen LogP contribution in [0.3, 0.4) is 0 Å². The van der Waals surface area contributed by atoms with E-state index in [2.05, 4.69) is 10.7 Å². The normalized spacial score (nSPS) is 16.1. The fourth-order valence-electron chi connectivity index (χ4n) is 3.14. The molecule has 1 unspecified atom stereocenters. The van der Waals surface area contributed by atoms with Gasteiger partial charge in [-0.05, 0) is 24.3 Å². The highest BCUT2D eigenvalue weighted by Gasteiger charge is 2.37. The molecule has 2 atom stereocenters. The Labute approximate surface area is 169 Å². The standard InChI is InChI=1S/C20H26N4O5/c1-13(2)11-16(18(26)22-24-17(25)12-21-20(24)28)15(19(27)23-29)10-6-9-14-7-4-3-5-8-14/h3-9,13,15-16,29H,10-12H2,1-2H3,(H,21,28)(H,22,26)(H,23,27)/b9-6-/t15-,16?/m1/s1. The number of amides is 5. The number of hydrazine groups is 1. The molecule has 1 aliphatic rings. The summed E-state index contributed by atoms with van der Waals surface area (Å²) in [5.41, 5.74) is 4.85. The molecular formula is C20H26N4O5. The first-order chi connectivity index (χ1) is 13.8. The first kappa shape index (κ1) is 22.1. The first-order valence-corrected chi connectivity index (χ1v) is 9.40. The van der Waals surface area contributed by atoms with Gasteiger partial charge in [0.05, 0.1) is 11.8 Å². The van der Waals surface area contributed by atoms with E-state index in [0.29, 0.717) is 11.4 Å². The molecule has 1 aliphatic heterocycles. The SMILES string of the molecule is CC(C)CC(C(=O)NN1C(=O)CNC1=O)[C@@H](C/C=C\c1ccccc1)C(=O)NO. The van der Waals surface area contributed by atoms with Gasteiger partial charge >= 0.3 is 6.03 Å². The summed E-state index contributed by atoms with van der Waals surface area (Å²) in [7, 11) is 0. The summed E-state index contributed by atoms with van der Waals surface area (Å²) in [5, 5.41) is 12.1. The molecule has 2 rings (SSSR count). The average molecular weight is 402 g/mol. The van der Waals surface area contributed by atoms with Gasteiger partial charge in [0.1, 0.15) is 6.54 Å². The Kier molecular flexibility index (Phi) is 7.90. The van der Waals surface area contributed by atoms with Crippen molar-refractivity contribution >= 4 is 29.8 Å². The van der Waals surface area contributed by atoms with Gasteiger partial charge in [-0.1, -0.05) is 56.3 Å². The van der Waals surface area contributed by atoms with Crippen LogP contribution in [0.25, 0.3) is 6.08 Å². The largest absolute Gasteiger partial charge is 0.343 e.